The first-order valence-electron chi connectivity index (χ1n) is 6.25. The van der Waals surface area contributed by atoms with E-state index in [4.69, 9.17) is 9.68 Å². The number of pyridine rings is 1. The van der Waals surface area contributed by atoms with Crippen molar-refractivity contribution in [2.24, 2.45) is 0 Å². The molecule has 3 aromatic rings. The molecule has 0 unspecified atom stereocenters. The number of para-hydroxylation sites is 1. The van der Waals surface area contributed by atoms with Crippen LogP contribution in [0.2, 0.25) is 0 Å². The highest BCUT2D eigenvalue weighted by molar-refractivity contribution is 6.02. The SMILES string of the molecule is CCNc1nc2c(cc1C#N)c(=O)oc1ccccc12. The molecule has 5 heteroatoms. The first-order chi connectivity index (χ1) is 9.74. The van der Waals surface area contributed by atoms with Gasteiger partial charge in [0.15, 0.2) is 0 Å². The third-order valence-corrected chi connectivity index (χ3v) is 3.05. The molecule has 0 aliphatic rings. The monoisotopic (exact) mass is 265 g/mol. The zero-order valence-electron chi connectivity index (χ0n) is 10.8. The third-order valence-electron chi connectivity index (χ3n) is 3.05. The highest BCUT2D eigenvalue weighted by atomic mass is 16.4. The molecule has 0 aliphatic heterocycles. The van der Waals surface area contributed by atoms with Crippen LogP contribution in [0.15, 0.2) is 39.5 Å². The van der Waals surface area contributed by atoms with Crippen LogP contribution in [-0.4, -0.2) is 11.5 Å². The van der Waals surface area contributed by atoms with Gasteiger partial charge >= 0.3 is 5.63 Å². The van der Waals surface area contributed by atoms with E-state index in [9.17, 15) is 4.79 Å². The van der Waals surface area contributed by atoms with E-state index in [1.807, 2.05) is 25.1 Å². The second kappa shape index (κ2) is 4.67. The molecule has 1 N–H and O–H groups in total. The lowest BCUT2D eigenvalue weighted by Gasteiger charge is -2.07. The Bertz CT molecular complexity index is 907. The van der Waals surface area contributed by atoms with Gasteiger partial charge in [-0.2, -0.15) is 5.26 Å². The molecule has 5 nitrogen and oxygen atoms in total. The van der Waals surface area contributed by atoms with Gasteiger partial charge in [0.1, 0.15) is 17.5 Å². The number of nitrogens with one attached hydrogen (secondary N) is 1. The number of nitriles is 1. The number of fused-ring (bicyclic) bond motifs is 3. The van der Waals surface area contributed by atoms with Gasteiger partial charge in [0.25, 0.3) is 0 Å². The Morgan fingerprint density at radius 1 is 1.35 bits per heavy atom. The maximum absolute atomic E-state index is 12.0. The summed E-state index contributed by atoms with van der Waals surface area (Å²) in [6, 6.07) is 10.8. The van der Waals surface area contributed by atoms with Gasteiger partial charge in [-0.3, -0.25) is 0 Å². The molecule has 0 bridgehead atoms. The lowest BCUT2D eigenvalue weighted by atomic mass is 10.1. The summed E-state index contributed by atoms with van der Waals surface area (Å²) >= 11 is 0. The van der Waals surface area contributed by atoms with Gasteiger partial charge < -0.3 is 9.73 Å². The normalized spacial score (nSPS) is 10.6. The molecule has 0 aliphatic carbocycles. The van der Waals surface area contributed by atoms with Crippen molar-refractivity contribution in [1.82, 2.24) is 4.98 Å². The molecule has 0 amide bonds. The smallest absolute Gasteiger partial charge is 0.345 e. The lowest BCUT2D eigenvalue weighted by molar-refractivity contribution is 0.569. The number of hydrogen-bond acceptors (Lipinski definition) is 5. The van der Waals surface area contributed by atoms with Gasteiger partial charge in [-0.1, -0.05) is 12.1 Å². The van der Waals surface area contributed by atoms with E-state index >= 15 is 0 Å². The molecule has 2 aromatic heterocycles. The zero-order chi connectivity index (χ0) is 14.1. The fourth-order valence-electron chi connectivity index (χ4n) is 2.17. The van der Waals surface area contributed by atoms with Gasteiger partial charge in [0.05, 0.1) is 16.5 Å². The molecule has 0 spiro atoms. The van der Waals surface area contributed by atoms with E-state index in [1.54, 1.807) is 12.1 Å². The molecule has 0 saturated heterocycles. The number of hydrogen-bond donors (Lipinski definition) is 1. The minimum Gasteiger partial charge on any atom is -0.422 e. The summed E-state index contributed by atoms with van der Waals surface area (Å²) in [5.41, 5.74) is 0.893. The van der Waals surface area contributed by atoms with E-state index in [0.29, 0.717) is 34.4 Å². The molecular weight excluding hydrogens is 254 g/mol. The molecular formula is C15H11N3O2. The summed E-state index contributed by atoms with van der Waals surface area (Å²) in [6.45, 7) is 2.57. The van der Waals surface area contributed by atoms with Crippen LogP contribution in [0.5, 0.6) is 0 Å². The summed E-state index contributed by atoms with van der Waals surface area (Å²) in [5.74, 6) is 0.484. The van der Waals surface area contributed by atoms with Crippen LogP contribution >= 0.6 is 0 Å². The summed E-state index contributed by atoms with van der Waals surface area (Å²) in [7, 11) is 0. The Kier molecular flexibility index (Phi) is 2.84. The van der Waals surface area contributed by atoms with Crippen LogP contribution in [0.4, 0.5) is 5.82 Å². The molecule has 0 radical (unpaired) electrons. The minimum atomic E-state index is -0.481. The van der Waals surface area contributed by atoms with E-state index in [2.05, 4.69) is 10.3 Å². The van der Waals surface area contributed by atoms with Gasteiger partial charge in [-0.15, -0.1) is 0 Å². The number of aromatic nitrogens is 1. The Morgan fingerprint density at radius 2 is 2.15 bits per heavy atom. The average Bonchev–Trinajstić information content (AvgIpc) is 2.47. The van der Waals surface area contributed by atoms with Crippen LogP contribution in [0.1, 0.15) is 12.5 Å². The van der Waals surface area contributed by atoms with Crippen LogP contribution < -0.4 is 10.9 Å². The van der Waals surface area contributed by atoms with E-state index in [-0.39, 0.29) is 0 Å². The molecule has 1 aromatic carbocycles. The average molecular weight is 265 g/mol. The second-order valence-corrected chi connectivity index (χ2v) is 4.31. The highest BCUT2D eigenvalue weighted by Gasteiger charge is 2.12. The van der Waals surface area contributed by atoms with Crippen LogP contribution in [0, 0.1) is 11.3 Å². The van der Waals surface area contributed by atoms with Crippen molar-refractivity contribution < 1.29 is 4.42 Å². The van der Waals surface area contributed by atoms with E-state index in [0.717, 1.165) is 5.39 Å². The van der Waals surface area contributed by atoms with Crippen molar-refractivity contribution in [2.75, 3.05) is 11.9 Å². The van der Waals surface area contributed by atoms with Crippen molar-refractivity contribution in [1.29, 1.82) is 5.26 Å². The third kappa shape index (κ3) is 1.79. The number of benzene rings is 1. The fraction of sp³-hybridized carbons (Fsp3) is 0.133. The molecule has 2 heterocycles. The predicted molar refractivity (Wildman–Crippen MR) is 76.7 cm³/mol. The summed E-state index contributed by atoms with van der Waals surface area (Å²) in [5, 5.41) is 13.3. The van der Waals surface area contributed by atoms with E-state index in [1.165, 1.54) is 6.07 Å². The van der Waals surface area contributed by atoms with Crippen molar-refractivity contribution >= 4 is 27.7 Å². The van der Waals surface area contributed by atoms with Crippen LogP contribution in [-0.2, 0) is 0 Å². The number of rotatable bonds is 2. The minimum absolute atomic E-state index is 0.321. The van der Waals surface area contributed by atoms with Crippen molar-refractivity contribution in [3.8, 4) is 6.07 Å². The Balaban J connectivity index is 2.49. The Morgan fingerprint density at radius 3 is 2.90 bits per heavy atom. The predicted octanol–water partition coefficient (Wildman–Crippen LogP) is 2.64. The number of anilines is 1. The maximum Gasteiger partial charge on any atom is 0.345 e. The summed E-state index contributed by atoms with van der Waals surface area (Å²) in [4.78, 5) is 16.4. The van der Waals surface area contributed by atoms with Crippen molar-refractivity contribution in [2.45, 2.75) is 6.92 Å². The molecule has 20 heavy (non-hydrogen) atoms. The second-order valence-electron chi connectivity index (χ2n) is 4.31. The standard InChI is InChI=1S/C15H11N3O2/c1-2-17-14-9(8-16)7-11-13(18-14)10-5-3-4-6-12(10)20-15(11)19/h3-7H,2H2,1H3,(H,17,18). The molecule has 0 fully saturated rings. The van der Waals surface area contributed by atoms with Crippen LogP contribution in [0.25, 0.3) is 21.9 Å². The Hall–Kier alpha value is -2.87. The molecule has 0 atom stereocenters. The van der Waals surface area contributed by atoms with Gasteiger partial charge in [-0.05, 0) is 25.1 Å². The van der Waals surface area contributed by atoms with Crippen LogP contribution in [0.3, 0.4) is 0 Å². The highest BCUT2D eigenvalue weighted by Crippen LogP contribution is 2.24. The maximum atomic E-state index is 12.0. The molecule has 98 valence electrons. The number of nitrogens with zero attached hydrogens (tertiary/aromatic N) is 2. The van der Waals surface area contributed by atoms with Crippen molar-refractivity contribution in [3.05, 3.63) is 46.3 Å². The largest absolute Gasteiger partial charge is 0.422 e. The zero-order valence-corrected chi connectivity index (χ0v) is 10.8. The molecule has 3 rings (SSSR count). The summed E-state index contributed by atoms with van der Waals surface area (Å²) < 4.78 is 5.25. The topological polar surface area (TPSA) is 78.9 Å². The fourth-order valence-corrected chi connectivity index (χ4v) is 2.17. The van der Waals surface area contributed by atoms with E-state index < -0.39 is 5.63 Å². The Labute approximate surface area is 114 Å². The first kappa shape index (κ1) is 12.2. The molecule has 0 saturated carbocycles. The van der Waals surface area contributed by atoms with Gasteiger partial charge in [-0.25, -0.2) is 9.78 Å². The quantitative estimate of drug-likeness (QED) is 0.569. The first-order valence-corrected chi connectivity index (χ1v) is 6.25. The van der Waals surface area contributed by atoms with Gasteiger partial charge in [0, 0.05) is 11.9 Å². The van der Waals surface area contributed by atoms with Gasteiger partial charge in [0.2, 0.25) is 0 Å². The lowest BCUT2D eigenvalue weighted by Crippen LogP contribution is -2.06. The van der Waals surface area contributed by atoms with Crippen molar-refractivity contribution in [3.63, 3.8) is 0 Å². The summed E-state index contributed by atoms with van der Waals surface area (Å²) in [6.07, 6.45) is 0.